The summed E-state index contributed by atoms with van der Waals surface area (Å²) in [5.74, 6) is -0.202. The highest BCUT2D eigenvalue weighted by atomic mass is 35.5. The van der Waals surface area contributed by atoms with Gasteiger partial charge in [-0.05, 0) is 60.5 Å². The fourth-order valence-corrected chi connectivity index (χ4v) is 3.75. The van der Waals surface area contributed by atoms with Crippen LogP contribution in [0.4, 0.5) is 16.3 Å². The van der Waals surface area contributed by atoms with Gasteiger partial charge in [0.2, 0.25) is 5.95 Å². The van der Waals surface area contributed by atoms with E-state index in [2.05, 4.69) is 26.8 Å². The Morgan fingerprint density at radius 1 is 1.03 bits per heavy atom. The number of nitrogens with zero attached hydrogens (tertiary/aromatic N) is 3. The van der Waals surface area contributed by atoms with Gasteiger partial charge in [-0.3, -0.25) is 10.1 Å². The first-order valence-corrected chi connectivity index (χ1v) is 10.7. The van der Waals surface area contributed by atoms with Gasteiger partial charge in [-0.25, -0.2) is 9.07 Å². The number of nitrogens with one attached hydrogen (secondary N) is 2. The molecule has 4 aromatic rings. The Hall–Kier alpha value is -3.68. The zero-order valence-electron chi connectivity index (χ0n) is 18.0. The van der Waals surface area contributed by atoms with Crippen molar-refractivity contribution in [2.45, 2.75) is 13.0 Å². The van der Waals surface area contributed by atoms with Crippen LogP contribution in [-0.4, -0.2) is 20.7 Å². The summed E-state index contributed by atoms with van der Waals surface area (Å²) in [6.45, 7) is 2.04. The van der Waals surface area contributed by atoms with E-state index in [9.17, 15) is 9.18 Å². The molecule has 0 saturated heterocycles. The van der Waals surface area contributed by atoms with E-state index < -0.39 is 11.7 Å². The summed E-state index contributed by atoms with van der Waals surface area (Å²) in [5, 5.41) is 11.2. The Kier molecular flexibility index (Phi) is 6.68. The molecule has 1 unspecified atom stereocenters. The molecule has 0 radical (unpaired) electrons. The minimum absolute atomic E-state index is 0. The van der Waals surface area contributed by atoms with Gasteiger partial charge in [-0.15, -0.1) is 17.5 Å². The smallest absolute Gasteiger partial charge is 0.258 e. The molecule has 1 aliphatic rings. The van der Waals surface area contributed by atoms with Crippen molar-refractivity contribution in [3.05, 3.63) is 112 Å². The fourth-order valence-electron chi connectivity index (χ4n) is 3.62. The van der Waals surface area contributed by atoms with Gasteiger partial charge in [-0.1, -0.05) is 53.6 Å². The molecule has 0 aliphatic carbocycles. The number of fused-ring (bicyclic) bond motifs is 1. The average Bonchev–Trinajstić information content (AvgIpc) is 3.22. The molecule has 1 aliphatic heterocycles. The fraction of sp³-hybridized carbons (Fsp3) is 0.0800. The molecule has 9 heteroatoms. The minimum atomic E-state index is -0.423. The van der Waals surface area contributed by atoms with E-state index in [1.807, 2.05) is 55.5 Å². The molecular weight excluding hydrogens is 476 g/mol. The molecule has 6 nitrogen and oxygen atoms in total. The molecule has 2 heterocycles. The lowest BCUT2D eigenvalue weighted by atomic mass is 10.0. The first kappa shape index (κ1) is 23.5. The van der Waals surface area contributed by atoms with Crippen molar-refractivity contribution in [2.24, 2.45) is 0 Å². The Morgan fingerprint density at radius 2 is 1.71 bits per heavy atom. The summed E-state index contributed by atoms with van der Waals surface area (Å²) >= 11 is 6.09. The van der Waals surface area contributed by atoms with E-state index in [1.165, 1.54) is 29.8 Å². The molecule has 5 rings (SSSR count). The highest BCUT2D eigenvalue weighted by Gasteiger charge is 2.26. The van der Waals surface area contributed by atoms with Crippen LogP contribution in [0.2, 0.25) is 5.02 Å². The van der Waals surface area contributed by atoms with Crippen LogP contribution in [0.25, 0.3) is 5.70 Å². The predicted octanol–water partition coefficient (Wildman–Crippen LogP) is 6.11. The van der Waals surface area contributed by atoms with Crippen molar-refractivity contribution < 1.29 is 9.18 Å². The van der Waals surface area contributed by atoms with Crippen molar-refractivity contribution in [1.82, 2.24) is 14.8 Å². The average molecular weight is 496 g/mol. The monoisotopic (exact) mass is 495 g/mol. The maximum atomic E-state index is 13.2. The summed E-state index contributed by atoms with van der Waals surface area (Å²) in [6, 6.07) is 20.7. The van der Waals surface area contributed by atoms with Gasteiger partial charge in [0.1, 0.15) is 11.9 Å². The highest BCUT2D eigenvalue weighted by molar-refractivity contribution is 6.30. The van der Waals surface area contributed by atoms with Crippen molar-refractivity contribution in [3.8, 4) is 0 Å². The molecule has 172 valence electrons. The van der Waals surface area contributed by atoms with Gasteiger partial charge in [0.05, 0.1) is 0 Å². The summed E-state index contributed by atoms with van der Waals surface area (Å²) in [4.78, 5) is 17.1. The second-order valence-corrected chi connectivity index (χ2v) is 8.17. The standard InChI is InChI=1S/C25H19ClFN5O.ClH/c1-15-2-4-16(5-3-15)21-14-22(17-6-10-19(26)11-7-17)32-25(28-21)30-24(31-32)29-23(33)18-8-12-20(27)13-9-18;/h2-14,22H,1H3,(H2,28,29,30,31,33);1H. The quantitative estimate of drug-likeness (QED) is 0.358. The van der Waals surface area contributed by atoms with Gasteiger partial charge in [-0.2, -0.15) is 4.98 Å². The number of aryl methyl sites for hydroxylation is 1. The van der Waals surface area contributed by atoms with Gasteiger partial charge in [0.25, 0.3) is 11.9 Å². The SMILES string of the molecule is Cc1ccc(C2=CC(c3ccc(Cl)cc3)n3nc(NC(=O)c4ccc(F)cc4)nc3N2)cc1.Cl. The largest absolute Gasteiger partial charge is 0.324 e. The zero-order valence-corrected chi connectivity index (χ0v) is 19.6. The van der Waals surface area contributed by atoms with E-state index in [-0.39, 0.29) is 24.4 Å². The van der Waals surface area contributed by atoms with E-state index in [1.54, 1.807) is 4.68 Å². The molecular formula is C25H20Cl2FN5O. The lowest BCUT2D eigenvalue weighted by Gasteiger charge is -2.24. The summed E-state index contributed by atoms with van der Waals surface area (Å²) < 4.78 is 14.9. The van der Waals surface area contributed by atoms with Crippen molar-refractivity contribution in [3.63, 3.8) is 0 Å². The Labute approximate surface area is 206 Å². The zero-order chi connectivity index (χ0) is 22.9. The summed E-state index contributed by atoms with van der Waals surface area (Å²) in [6.07, 6.45) is 2.06. The number of benzene rings is 3. The third kappa shape index (κ3) is 4.81. The van der Waals surface area contributed by atoms with E-state index in [4.69, 9.17) is 11.6 Å². The second kappa shape index (κ2) is 9.67. The van der Waals surface area contributed by atoms with E-state index in [0.29, 0.717) is 16.5 Å². The van der Waals surface area contributed by atoms with Gasteiger partial charge in [0.15, 0.2) is 0 Å². The maximum Gasteiger partial charge on any atom is 0.258 e. The van der Waals surface area contributed by atoms with Crippen LogP contribution >= 0.6 is 24.0 Å². The summed E-state index contributed by atoms with van der Waals surface area (Å²) in [7, 11) is 0. The maximum absolute atomic E-state index is 13.2. The number of rotatable bonds is 4. The van der Waals surface area contributed by atoms with Crippen LogP contribution in [0.3, 0.4) is 0 Å². The van der Waals surface area contributed by atoms with Gasteiger partial charge >= 0.3 is 0 Å². The number of anilines is 2. The van der Waals surface area contributed by atoms with Gasteiger partial charge in [0, 0.05) is 16.3 Å². The molecule has 0 spiro atoms. The lowest BCUT2D eigenvalue weighted by molar-refractivity contribution is 0.102. The highest BCUT2D eigenvalue weighted by Crippen LogP contribution is 2.33. The second-order valence-electron chi connectivity index (χ2n) is 7.73. The summed E-state index contributed by atoms with van der Waals surface area (Å²) in [5.41, 5.74) is 4.33. The van der Waals surface area contributed by atoms with Crippen molar-refractivity contribution in [1.29, 1.82) is 0 Å². The number of carbonyl (C=O) groups is 1. The Balaban J connectivity index is 0.00000274. The molecule has 1 amide bonds. The first-order chi connectivity index (χ1) is 16.0. The number of allylic oxidation sites excluding steroid dienone is 1. The predicted molar refractivity (Wildman–Crippen MR) is 134 cm³/mol. The van der Waals surface area contributed by atoms with Crippen LogP contribution in [0, 0.1) is 12.7 Å². The van der Waals surface area contributed by atoms with Crippen LogP contribution < -0.4 is 10.6 Å². The lowest BCUT2D eigenvalue weighted by Crippen LogP contribution is -2.20. The van der Waals surface area contributed by atoms with Crippen molar-refractivity contribution >= 4 is 47.5 Å². The number of hydrogen-bond acceptors (Lipinski definition) is 4. The van der Waals surface area contributed by atoms with E-state index >= 15 is 0 Å². The molecule has 0 fully saturated rings. The third-order valence-electron chi connectivity index (χ3n) is 5.37. The minimum Gasteiger partial charge on any atom is -0.324 e. The molecule has 3 aromatic carbocycles. The van der Waals surface area contributed by atoms with Crippen LogP contribution in [0.5, 0.6) is 0 Å². The van der Waals surface area contributed by atoms with Crippen LogP contribution in [0.15, 0.2) is 78.9 Å². The number of aromatic nitrogens is 3. The number of halogens is 3. The normalized spacial score (nSPS) is 14.3. The van der Waals surface area contributed by atoms with Crippen molar-refractivity contribution in [2.75, 3.05) is 10.6 Å². The number of amides is 1. The number of hydrogen-bond donors (Lipinski definition) is 2. The topological polar surface area (TPSA) is 71.8 Å². The first-order valence-electron chi connectivity index (χ1n) is 10.3. The number of carbonyl (C=O) groups excluding carboxylic acids is 1. The van der Waals surface area contributed by atoms with Crippen LogP contribution in [0.1, 0.15) is 33.1 Å². The molecule has 0 bridgehead atoms. The van der Waals surface area contributed by atoms with E-state index in [0.717, 1.165) is 16.8 Å². The molecule has 2 N–H and O–H groups in total. The molecule has 1 aromatic heterocycles. The third-order valence-corrected chi connectivity index (χ3v) is 5.62. The van der Waals surface area contributed by atoms with Crippen LogP contribution in [-0.2, 0) is 0 Å². The molecule has 34 heavy (non-hydrogen) atoms. The Morgan fingerprint density at radius 3 is 2.38 bits per heavy atom. The molecule has 1 atom stereocenters. The Bertz CT molecular complexity index is 1350. The molecule has 0 saturated carbocycles. The van der Waals surface area contributed by atoms with Gasteiger partial charge < -0.3 is 5.32 Å².